The van der Waals surface area contributed by atoms with E-state index in [-0.39, 0.29) is 24.0 Å². The molecule has 4 N–H and O–H groups in total. The van der Waals surface area contributed by atoms with Crippen LogP contribution >= 0.6 is 0 Å². The van der Waals surface area contributed by atoms with E-state index >= 15 is 0 Å². The predicted octanol–water partition coefficient (Wildman–Crippen LogP) is -0.566. The number of amides is 1. The fourth-order valence-electron chi connectivity index (χ4n) is 0.761. The summed E-state index contributed by atoms with van der Waals surface area (Å²) in [6, 6.07) is -0.220. The largest absolute Gasteiger partial charge is 0.370 e. The van der Waals surface area contributed by atoms with Crippen molar-refractivity contribution in [1.82, 2.24) is 10.6 Å². The molecule has 0 heterocycles. The van der Waals surface area contributed by atoms with Crippen LogP contribution in [0.3, 0.4) is 0 Å². The molecule has 76 valence electrons. The van der Waals surface area contributed by atoms with E-state index < -0.39 is 0 Å². The lowest BCUT2D eigenvalue weighted by Crippen LogP contribution is -2.48. The summed E-state index contributed by atoms with van der Waals surface area (Å²) >= 11 is 0. The van der Waals surface area contributed by atoms with E-state index in [0.29, 0.717) is 0 Å². The smallest absolute Gasteiger partial charge is 0.242 e. The number of guanidine groups is 1. The zero-order valence-corrected chi connectivity index (χ0v) is 8.59. The molecule has 0 aliphatic heterocycles. The fourth-order valence-corrected chi connectivity index (χ4v) is 0.761. The fraction of sp³-hybridized carbons (Fsp3) is 0.750. The van der Waals surface area contributed by atoms with E-state index in [2.05, 4.69) is 15.6 Å². The highest BCUT2D eigenvalue weighted by Crippen LogP contribution is 1.84. The highest BCUT2D eigenvalue weighted by molar-refractivity contribution is 5.87. The van der Waals surface area contributed by atoms with Crippen molar-refractivity contribution in [2.75, 3.05) is 7.05 Å². The average Bonchev–Trinajstić information content (AvgIpc) is 2.02. The summed E-state index contributed by atoms with van der Waals surface area (Å²) in [5.74, 6) is 0.188. The Labute approximate surface area is 78.8 Å². The minimum atomic E-state index is -0.355. The minimum Gasteiger partial charge on any atom is -0.370 e. The molecule has 5 nitrogen and oxygen atoms in total. The summed E-state index contributed by atoms with van der Waals surface area (Å²) in [6.45, 7) is 5.54. The van der Waals surface area contributed by atoms with Gasteiger partial charge in [-0.25, -0.2) is 0 Å². The number of hydrogen-bond acceptors (Lipinski definition) is 2. The van der Waals surface area contributed by atoms with Crippen molar-refractivity contribution < 1.29 is 4.79 Å². The third kappa shape index (κ3) is 5.05. The molecule has 0 aromatic rings. The van der Waals surface area contributed by atoms with Crippen molar-refractivity contribution in [3.63, 3.8) is 0 Å². The Balaban J connectivity index is 3.97. The van der Waals surface area contributed by atoms with Crippen molar-refractivity contribution in [2.24, 2.45) is 10.7 Å². The topological polar surface area (TPSA) is 79.5 Å². The lowest BCUT2D eigenvalue weighted by atomic mass is 10.3. The van der Waals surface area contributed by atoms with E-state index in [9.17, 15) is 4.79 Å². The van der Waals surface area contributed by atoms with E-state index in [1.165, 1.54) is 0 Å². The lowest BCUT2D eigenvalue weighted by Gasteiger charge is -2.15. The van der Waals surface area contributed by atoms with E-state index in [1.807, 2.05) is 13.8 Å². The zero-order chi connectivity index (χ0) is 10.4. The van der Waals surface area contributed by atoms with Gasteiger partial charge in [-0.1, -0.05) is 0 Å². The van der Waals surface area contributed by atoms with Crippen molar-refractivity contribution in [3.8, 4) is 0 Å². The van der Waals surface area contributed by atoms with E-state index in [0.717, 1.165) is 0 Å². The van der Waals surface area contributed by atoms with E-state index in [1.54, 1.807) is 14.0 Å². The highest BCUT2D eigenvalue weighted by Gasteiger charge is 2.13. The Morgan fingerprint density at radius 3 is 2.23 bits per heavy atom. The lowest BCUT2D eigenvalue weighted by molar-refractivity contribution is -0.122. The predicted molar refractivity (Wildman–Crippen MR) is 53.4 cm³/mol. The highest BCUT2D eigenvalue weighted by atomic mass is 16.2. The third-order valence-electron chi connectivity index (χ3n) is 1.43. The van der Waals surface area contributed by atoms with Crippen molar-refractivity contribution in [1.29, 1.82) is 0 Å². The Hall–Kier alpha value is -1.26. The molecule has 1 unspecified atom stereocenters. The van der Waals surface area contributed by atoms with Crippen molar-refractivity contribution in [2.45, 2.75) is 32.9 Å². The molecule has 0 saturated heterocycles. The van der Waals surface area contributed by atoms with Crippen molar-refractivity contribution in [3.05, 3.63) is 0 Å². The quantitative estimate of drug-likeness (QED) is 0.408. The Kier molecular flexibility index (Phi) is 4.87. The molecule has 1 atom stereocenters. The Morgan fingerprint density at radius 1 is 1.31 bits per heavy atom. The van der Waals surface area contributed by atoms with E-state index in [4.69, 9.17) is 5.73 Å². The molecule has 5 heteroatoms. The first kappa shape index (κ1) is 11.7. The zero-order valence-electron chi connectivity index (χ0n) is 8.59. The van der Waals surface area contributed by atoms with Gasteiger partial charge in [0, 0.05) is 13.1 Å². The van der Waals surface area contributed by atoms with Crippen LogP contribution in [0.5, 0.6) is 0 Å². The number of carbonyl (C=O) groups excluding carboxylic acids is 1. The molecule has 0 aromatic carbocycles. The van der Waals surface area contributed by atoms with Gasteiger partial charge in [0.2, 0.25) is 5.91 Å². The Bertz CT molecular complexity index is 200. The van der Waals surface area contributed by atoms with Crippen LogP contribution in [-0.2, 0) is 4.79 Å². The van der Waals surface area contributed by atoms with Crippen LogP contribution in [-0.4, -0.2) is 31.0 Å². The number of rotatable bonds is 3. The first-order valence-corrected chi connectivity index (χ1v) is 4.26. The van der Waals surface area contributed by atoms with Crippen LogP contribution in [0.4, 0.5) is 0 Å². The second-order valence-electron chi connectivity index (χ2n) is 3.14. The summed E-state index contributed by atoms with van der Waals surface area (Å²) < 4.78 is 0. The van der Waals surface area contributed by atoms with Gasteiger partial charge in [-0.15, -0.1) is 0 Å². The van der Waals surface area contributed by atoms with Crippen LogP contribution in [0.15, 0.2) is 4.99 Å². The molecule has 0 rings (SSSR count). The summed E-state index contributed by atoms with van der Waals surface area (Å²) in [6.07, 6.45) is 0. The maximum absolute atomic E-state index is 11.3. The molecule has 0 radical (unpaired) electrons. The first-order valence-electron chi connectivity index (χ1n) is 4.26. The normalized spacial score (nSPS) is 14.1. The molecule has 0 fully saturated rings. The second-order valence-corrected chi connectivity index (χ2v) is 3.14. The van der Waals surface area contributed by atoms with Crippen LogP contribution in [0.2, 0.25) is 0 Å². The maximum Gasteiger partial charge on any atom is 0.242 e. The van der Waals surface area contributed by atoms with Gasteiger partial charge < -0.3 is 16.4 Å². The molecule has 1 amide bonds. The second kappa shape index (κ2) is 5.40. The number of nitrogens with one attached hydrogen (secondary N) is 2. The monoisotopic (exact) mass is 186 g/mol. The number of aliphatic imine (C=N–C) groups is 1. The van der Waals surface area contributed by atoms with Crippen LogP contribution in [0.25, 0.3) is 0 Å². The number of carbonyl (C=O) groups is 1. The SMILES string of the molecule is CN=C(N)NC(C)C(=O)NC(C)C. The summed E-state index contributed by atoms with van der Waals surface area (Å²) in [5.41, 5.74) is 5.40. The van der Waals surface area contributed by atoms with Gasteiger partial charge >= 0.3 is 0 Å². The number of nitrogens with two attached hydrogens (primary N) is 1. The first-order chi connectivity index (χ1) is 5.97. The molecule has 13 heavy (non-hydrogen) atoms. The van der Waals surface area contributed by atoms with Gasteiger partial charge in [0.05, 0.1) is 0 Å². The Morgan fingerprint density at radius 2 is 1.85 bits per heavy atom. The number of nitrogens with zero attached hydrogens (tertiary/aromatic N) is 1. The molecule has 0 aromatic heterocycles. The van der Waals surface area contributed by atoms with Crippen LogP contribution < -0.4 is 16.4 Å². The van der Waals surface area contributed by atoms with Gasteiger partial charge in [-0.05, 0) is 20.8 Å². The summed E-state index contributed by atoms with van der Waals surface area (Å²) in [7, 11) is 1.56. The molecule has 0 spiro atoms. The summed E-state index contributed by atoms with van der Waals surface area (Å²) in [4.78, 5) is 15.0. The average molecular weight is 186 g/mol. The number of hydrogen-bond donors (Lipinski definition) is 3. The third-order valence-corrected chi connectivity index (χ3v) is 1.43. The van der Waals surface area contributed by atoms with Gasteiger partial charge in [-0.3, -0.25) is 9.79 Å². The summed E-state index contributed by atoms with van der Waals surface area (Å²) in [5, 5.41) is 5.51. The van der Waals surface area contributed by atoms with Gasteiger partial charge in [0.1, 0.15) is 6.04 Å². The molecule has 0 saturated carbocycles. The minimum absolute atomic E-state index is 0.0819. The van der Waals surface area contributed by atoms with Gasteiger partial charge in [0.25, 0.3) is 0 Å². The molecule has 0 aliphatic carbocycles. The maximum atomic E-state index is 11.3. The molecular weight excluding hydrogens is 168 g/mol. The molecular formula is C8H18N4O. The van der Waals surface area contributed by atoms with Gasteiger partial charge in [0.15, 0.2) is 5.96 Å². The van der Waals surface area contributed by atoms with Crippen molar-refractivity contribution >= 4 is 11.9 Å². The molecule has 0 aliphatic rings. The standard InChI is InChI=1S/C8H18N4O/c1-5(2)11-7(13)6(3)12-8(9)10-4/h5-6H,1-4H3,(H,11,13)(H3,9,10,12). The van der Waals surface area contributed by atoms with Crippen LogP contribution in [0.1, 0.15) is 20.8 Å². The molecule has 0 bridgehead atoms. The van der Waals surface area contributed by atoms with Crippen LogP contribution in [0, 0.1) is 0 Å². The van der Waals surface area contributed by atoms with Gasteiger partial charge in [-0.2, -0.15) is 0 Å².